The quantitative estimate of drug-likeness (QED) is 0.567. The van der Waals surface area contributed by atoms with E-state index in [2.05, 4.69) is 4.99 Å². The Morgan fingerprint density at radius 2 is 2.06 bits per heavy atom. The number of aromatic nitrogens is 1. The van der Waals surface area contributed by atoms with Gasteiger partial charge in [-0.15, -0.1) is 0 Å². The van der Waals surface area contributed by atoms with Crippen molar-refractivity contribution in [1.82, 2.24) is 4.73 Å². The summed E-state index contributed by atoms with van der Waals surface area (Å²) in [5, 5.41) is 0.878. The second-order valence-electron chi connectivity index (χ2n) is 3.41. The Kier molecular flexibility index (Phi) is 2.70. The average Bonchev–Trinajstić information content (AvgIpc) is 2.66. The van der Waals surface area contributed by atoms with Gasteiger partial charge in [-0.05, 0) is 12.1 Å². The number of amides is 1. The van der Waals surface area contributed by atoms with Gasteiger partial charge in [-0.25, -0.2) is 0 Å². The molecule has 2 aromatic rings. The molecule has 6 heteroatoms. The van der Waals surface area contributed by atoms with Crippen LogP contribution in [0.4, 0.5) is 0 Å². The first-order chi connectivity index (χ1) is 8.13. The normalized spacial score (nSPS) is 10.2. The van der Waals surface area contributed by atoms with Gasteiger partial charge in [-0.3, -0.25) is 4.79 Å². The number of carbonyl (C=O) groups is 1. The van der Waals surface area contributed by atoms with Gasteiger partial charge >= 0.3 is 0 Å². The van der Waals surface area contributed by atoms with Gasteiger partial charge in [0, 0.05) is 5.39 Å². The number of para-hydroxylation sites is 1. The van der Waals surface area contributed by atoms with Crippen LogP contribution in [0.2, 0.25) is 0 Å². The Labute approximate surface area is 97.4 Å². The lowest BCUT2D eigenvalue weighted by Crippen LogP contribution is -2.25. The maximum Gasteiger partial charge on any atom is 0.300 e. The van der Waals surface area contributed by atoms with Crippen molar-refractivity contribution in [1.29, 1.82) is 0 Å². The average molecular weight is 232 g/mol. The molecule has 1 aromatic carbocycles. The van der Waals surface area contributed by atoms with Crippen molar-refractivity contribution in [3.05, 3.63) is 36.0 Å². The Morgan fingerprint density at radius 3 is 2.71 bits per heavy atom. The minimum Gasteiger partial charge on any atom is -0.416 e. The highest BCUT2D eigenvalue weighted by molar-refractivity contribution is 6.03. The molecule has 0 radical (unpaired) electrons. The predicted molar refractivity (Wildman–Crippen MR) is 64.6 cm³/mol. The van der Waals surface area contributed by atoms with E-state index in [9.17, 15) is 4.79 Å². The molecular weight excluding hydrogens is 220 g/mol. The first kappa shape index (κ1) is 11.0. The number of nitrogens with two attached hydrogens (primary N) is 2. The van der Waals surface area contributed by atoms with Crippen LogP contribution < -0.4 is 16.3 Å². The molecule has 1 heterocycles. The third-order valence-electron chi connectivity index (χ3n) is 2.30. The van der Waals surface area contributed by atoms with Gasteiger partial charge in [0.15, 0.2) is 5.96 Å². The van der Waals surface area contributed by atoms with Gasteiger partial charge in [0.2, 0.25) is 0 Å². The minimum atomic E-state index is -0.539. The summed E-state index contributed by atoms with van der Waals surface area (Å²) in [6, 6.07) is 9.11. The highest BCUT2D eigenvalue weighted by Crippen LogP contribution is 2.18. The Morgan fingerprint density at radius 1 is 1.35 bits per heavy atom. The summed E-state index contributed by atoms with van der Waals surface area (Å²) in [5.74, 6) is -0.814. The summed E-state index contributed by atoms with van der Waals surface area (Å²) in [5.41, 5.74) is 11.4. The van der Waals surface area contributed by atoms with E-state index in [0.717, 1.165) is 10.9 Å². The number of aliphatic imine (C=N–C) groups is 1. The Balaban J connectivity index is 2.61. The molecule has 0 unspecified atom stereocenters. The van der Waals surface area contributed by atoms with E-state index in [1.54, 1.807) is 6.07 Å². The molecule has 0 aliphatic rings. The standard InChI is InChI=1S/C11H12N4O2/c1-17-15-8-5-3-2-4-7(8)6-9(15)10(16)14-11(12)13/h2-6H,1H3,(H4,12,13,14,16). The van der Waals surface area contributed by atoms with Crippen molar-refractivity contribution in [2.45, 2.75) is 0 Å². The van der Waals surface area contributed by atoms with Gasteiger partial charge in [0.05, 0.1) is 5.52 Å². The van der Waals surface area contributed by atoms with Crippen molar-refractivity contribution in [2.24, 2.45) is 16.5 Å². The van der Waals surface area contributed by atoms with Crippen LogP contribution in [0.5, 0.6) is 0 Å². The van der Waals surface area contributed by atoms with Crippen LogP contribution in [0.15, 0.2) is 35.3 Å². The summed E-state index contributed by atoms with van der Waals surface area (Å²) < 4.78 is 1.39. The van der Waals surface area contributed by atoms with E-state index >= 15 is 0 Å². The summed E-state index contributed by atoms with van der Waals surface area (Å²) in [6.07, 6.45) is 0. The van der Waals surface area contributed by atoms with Crippen LogP contribution in [-0.4, -0.2) is 23.7 Å². The number of nitrogens with zero attached hydrogens (tertiary/aromatic N) is 2. The second-order valence-corrected chi connectivity index (χ2v) is 3.41. The van der Waals surface area contributed by atoms with E-state index in [1.807, 2.05) is 24.3 Å². The molecule has 0 aliphatic heterocycles. The molecular formula is C11H12N4O2. The van der Waals surface area contributed by atoms with Gasteiger partial charge in [-0.2, -0.15) is 9.72 Å². The molecule has 88 valence electrons. The maximum absolute atomic E-state index is 11.8. The van der Waals surface area contributed by atoms with Gasteiger partial charge in [0.1, 0.15) is 12.8 Å². The molecule has 0 fully saturated rings. The molecule has 2 rings (SSSR count). The highest BCUT2D eigenvalue weighted by atomic mass is 16.6. The summed E-state index contributed by atoms with van der Waals surface area (Å²) in [6.45, 7) is 0. The second kappa shape index (κ2) is 4.17. The van der Waals surface area contributed by atoms with Crippen molar-refractivity contribution in [2.75, 3.05) is 7.11 Å². The third-order valence-corrected chi connectivity index (χ3v) is 2.30. The Hall–Kier alpha value is -2.50. The Bertz CT molecular complexity index is 597. The number of carbonyl (C=O) groups excluding carboxylic acids is 1. The molecule has 1 amide bonds. The van der Waals surface area contributed by atoms with E-state index in [-0.39, 0.29) is 11.7 Å². The number of hydrogen-bond donors (Lipinski definition) is 2. The number of hydrogen-bond acceptors (Lipinski definition) is 2. The van der Waals surface area contributed by atoms with Crippen molar-refractivity contribution in [3.8, 4) is 0 Å². The topological polar surface area (TPSA) is 95.6 Å². The van der Waals surface area contributed by atoms with Crippen LogP contribution in [0, 0.1) is 0 Å². The fourth-order valence-electron chi connectivity index (χ4n) is 1.65. The van der Waals surface area contributed by atoms with E-state index in [1.165, 1.54) is 11.8 Å². The molecule has 0 saturated carbocycles. The molecule has 17 heavy (non-hydrogen) atoms. The smallest absolute Gasteiger partial charge is 0.300 e. The van der Waals surface area contributed by atoms with Crippen LogP contribution >= 0.6 is 0 Å². The van der Waals surface area contributed by atoms with Gasteiger partial charge < -0.3 is 16.3 Å². The van der Waals surface area contributed by atoms with E-state index < -0.39 is 5.91 Å². The van der Waals surface area contributed by atoms with Crippen LogP contribution in [0.1, 0.15) is 10.5 Å². The molecule has 6 nitrogen and oxygen atoms in total. The third kappa shape index (κ3) is 1.92. The zero-order valence-electron chi connectivity index (χ0n) is 9.25. The summed E-state index contributed by atoms with van der Waals surface area (Å²) in [4.78, 5) is 20.4. The lowest BCUT2D eigenvalue weighted by Gasteiger charge is -2.05. The number of rotatable bonds is 2. The molecule has 0 aliphatic carbocycles. The van der Waals surface area contributed by atoms with Crippen molar-refractivity contribution < 1.29 is 9.63 Å². The molecule has 0 saturated heterocycles. The fraction of sp³-hybridized carbons (Fsp3) is 0.0909. The first-order valence-electron chi connectivity index (χ1n) is 4.92. The monoisotopic (exact) mass is 232 g/mol. The maximum atomic E-state index is 11.8. The molecule has 0 spiro atoms. The fourth-order valence-corrected chi connectivity index (χ4v) is 1.65. The number of guanidine groups is 1. The minimum absolute atomic E-state index is 0.275. The van der Waals surface area contributed by atoms with Gasteiger partial charge in [-0.1, -0.05) is 18.2 Å². The lowest BCUT2D eigenvalue weighted by atomic mass is 10.2. The lowest BCUT2D eigenvalue weighted by molar-refractivity contribution is 0.0952. The van der Waals surface area contributed by atoms with Crippen molar-refractivity contribution >= 4 is 22.8 Å². The highest BCUT2D eigenvalue weighted by Gasteiger charge is 2.15. The largest absolute Gasteiger partial charge is 0.416 e. The summed E-state index contributed by atoms with van der Waals surface area (Å²) >= 11 is 0. The zero-order valence-corrected chi connectivity index (χ0v) is 9.25. The van der Waals surface area contributed by atoms with Crippen LogP contribution in [0.25, 0.3) is 10.9 Å². The van der Waals surface area contributed by atoms with Crippen molar-refractivity contribution in [3.63, 3.8) is 0 Å². The molecule has 0 atom stereocenters. The number of benzene rings is 1. The first-order valence-corrected chi connectivity index (χ1v) is 4.92. The van der Waals surface area contributed by atoms with E-state index in [0.29, 0.717) is 0 Å². The van der Waals surface area contributed by atoms with E-state index in [4.69, 9.17) is 16.3 Å². The van der Waals surface area contributed by atoms with Crippen LogP contribution in [-0.2, 0) is 0 Å². The molecule has 0 bridgehead atoms. The predicted octanol–water partition coefficient (Wildman–Crippen LogP) is 0.113. The molecule has 1 aromatic heterocycles. The summed E-state index contributed by atoms with van der Waals surface area (Å²) in [7, 11) is 1.47. The number of fused-ring (bicyclic) bond motifs is 1. The SMILES string of the molecule is COn1c(C(=O)N=C(N)N)cc2ccccc21. The van der Waals surface area contributed by atoms with Gasteiger partial charge in [0.25, 0.3) is 5.91 Å². The zero-order chi connectivity index (χ0) is 12.4. The molecule has 4 N–H and O–H groups in total. The van der Waals surface area contributed by atoms with Crippen LogP contribution in [0.3, 0.4) is 0 Å².